The van der Waals surface area contributed by atoms with Gasteiger partial charge in [-0.2, -0.15) is 4.98 Å². The van der Waals surface area contributed by atoms with E-state index in [9.17, 15) is 0 Å². The zero-order valence-electron chi connectivity index (χ0n) is 10.3. The molecule has 0 saturated heterocycles. The Labute approximate surface area is 103 Å². The standard InChI is InChI=1S/C10H15N5O3/c1-3-17-4-5-18-10-13-7(11)6-8(15-10)14-9(12-6)16-2/h3-5H2,1-2H3,(H3,11,12,13,14,15)/p+1. The molecule has 4 N–H and O–H groups in total. The van der Waals surface area contributed by atoms with Crippen LogP contribution < -0.4 is 20.2 Å². The number of aromatic nitrogens is 4. The van der Waals surface area contributed by atoms with Crippen LogP contribution in [0.15, 0.2) is 0 Å². The zero-order valence-corrected chi connectivity index (χ0v) is 10.3. The Morgan fingerprint density at radius 3 is 2.89 bits per heavy atom. The quantitative estimate of drug-likeness (QED) is 0.689. The van der Waals surface area contributed by atoms with Gasteiger partial charge in [0.2, 0.25) is 5.52 Å². The van der Waals surface area contributed by atoms with Gasteiger partial charge >= 0.3 is 17.7 Å². The molecule has 8 heteroatoms. The lowest BCUT2D eigenvalue weighted by atomic mass is 10.5. The Morgan fingerprint density at radius 1 is 1.33 bits per heavy atom. The van der Waals surface area contributed by atoms with Gasteiger partial charge in [0.15, 0.2) is 5.82 Å². The number of methoxy groups -OCH3 is 1. The topological polar surface area (TPSA) is 109 Å². The molecule has 18 heavy (non-hydrogen) atoms. The molecular formula is C10H16N5O3+. The highest BCUT2D eigenvalue weighted by Crippen LogP contribution is 2.17. The first kappa shape index (κ1) is 12.4. The SMILES string of the molecule is CCOCCOc1nc(N)c2[nH]c(OC)[nH+]c2n1. The summed E-state index contributed by atoms with van der Waals surface area (Å²) in [4.78, 5) is 14.0. The molecule has 2 heterocycles. The molecule has 0 aromatic carbocycles. The number of nitrogens with zero attached hydrogens (tertiary/aromatic N) is 2. The molecule has 0 amide bonds. The second-order valence-electron chi connectivity index (χ2n) is 3.44. The maximum Gasteiger partial charge on any atom is 0.397 e. The van der Waals surface area contributed by atoms with Crippen molar-refractivity contribution in [2.75, 3.05) is 32.7 Å². The van der Waals surface area contributed by atoms with Crippen molar-refractivity contribution in [1.82, 2.24) is 15.0 Å². The van der Waals surface area contributed by atoms with Gasteiger partial charge < -0.3 is 19.9 Å². The monoisotopic (exact) mass is 254 g/mol. The summed E-state index contributed by atoms with van der Waals surface area (Å²) < 4.78 is 15.5. The lowest BCUT2D eigenvalue weighted by molar-refractivity contribution is -0.364. The summed E-state index contributed by atoms with van der Waals surface area (Å²) in [6.07, 6.45) is 0. The highest BCUT2D eigenvalue weighted by Gasteiger charge is 2.18. The molecule has 0 aliphatic carbocycles. The molecule has 2 rings (SSSR count). The molecule has 8 nitrogen and oxygen atoms in total. The van der Waals surface area contributed by atoms with E-state index in [2.05, 4.69) is 19.9 Å². The van der Waals surface area contributed by atoms with E-state index in [0.717, 1.165) is 0 Å². The van der Waals surface area contributed by atoms with Crippen LogP contribution in [0.4, 0.5) is 5.82 Å². The first-order valence-electron chi connectivity index (χ1n) is 5.57. The summed E-state index contributed by atoms with van der Waals surface area (Å²) >= 11 is 0. The van der Waals surface area contributed by atoms with Gasteiger partial charge in [-0.3, -0.25) is 0 Å². The number of fused-ring (bicyclic) bond motifs is 1. The highest BCUT2D eigenvalue weighted by atomic mass is 16.5. The number of nitrogens with two attached hydrogens (primary N) is 1. The van der Waals surface area contributed by atoms with E-state index >= 15 is 0 Å². The molecule has 0 fully saturated rings. The fraction of sp³-hybridized carbons (Fsp3) is 0.500. The second-order valence-corrected chi connectivity index (χ2v) is 3.44. The fourth-order valence-electron chi connectivity index (χ4n) is 1.43. The van der Waals surface area contributed by atoms with Crippen molar-refractivity contribution in [2.45, 2.75) is 6.92 Å². The molecule has 0 atom stereocenters. The Kier molecular flexibility index (Phi) is 3.78. The van der Waals surface area contributed by atoms with Gasteiger partial charge in [0.25, 0.3) is 0 Å². The first-order valence-corrected chi connectivity index (χ1v) is 5.57. The summed E-state index contributed by atoms with van der Waals surface area (Å²) in [6, 6.07) is 0.662. The lowest BCUT2D eigenvalue weighted by Gasteiger charge is -2.01. The maximum atomic E-state index is 5.79. The molecule has 98 valence electrons. The first-order chi connectivity index (χ1) is 8.74. The Bertz CT molecular complexity index is 527. The smallest absolute Gasteiger partial charge is 0.397 e. The minimum Gasteiger partial charge on any atom is -0.449 e. The predicted octanol–water partition coefficient (Wildman–Crippen LogP) is -0.222. The van der Waals surface area contributed by atoms with Gasteiger partial charge in [-0.1, -0.05) is 0 Å². The molecule has 0 aliphatic rings. The van der Waals surface area contributed by atoms with Crippen LogP contribution >= 0.6 is 0 Å². The Hall–Kier alpha value is -2.09. The van der Waals surface area contributed by atoms with Gasteiger partial charge in [-0.25, -0.2) is 9.97 Å². The summed E-state index contributed by atoms with van der Waals surface area (Å²) in [5.74, 6) is 0.297. The van der Waals surface area contributed by atoms with Crippen LogP contribution in [0.2, 0.25) is 0 Å². The van der Waals surface area contributed by atoms with Crippen LogP contribution in [0.1, 0.15) is 6.92 Å². The van der Waals surface area contributed by atoms with E-state index in [-0.39, 0.29) is 6.01 Å². The normalized spacial score (nSPS) is 10.8. The maximum absolute atomic E-state index is 5.79. The van der Waals surface area contributed by atoms with Crippen molar-refractivity contribution >= 4 is 17.0 Å². The molecule has 0 saturated carbocycles. The average molecular weight is 254 g/mol. The Morgan fingerprint density at radius 2 is 2.17 bits per heavy atom. The summed E-state index contributed by atoms with van der Waals surface area (Å²) in [5, 5.41) is 0. The highest BCUT2D eigenvalue weighted by molar-refractivity contribution is 5.79. The van der Waals surface area contributed by atoms with Crippen LogP contribution in [0.5, 0.6) is 12.0 Å². The molecule has 0 unspecified atom stereocenters. The molecule has 0 radical (unpaired) electrons. The zero-order chi connectivity index (χ0) is 13.0. The van der Waals surface area contributed by atoms with Crippen molar-refractivity contribution in [1.29, 1.82) is 0 Å². The number of nitrogens with one attached hydrogen (secondary N) is 2. The number of hydrogen-bond donors (Lipinski definition) is 2. The van der Waals surface area contributed by atoms with Crippen LogP contribution in [-0.4, -0.2) is 41.9 Å². The van der Waals surface area contributed by atoms with Gasteiger partial charge in [0, 0.05) is 6.61 Å². The van der Waals surface area contributed by atoms with E-state index in [0.29, 0.717) is 42.8 Å². The van der Waals surface area contributed by atoms with Crippen molar-refractivity contribution in [2.24, 2.45) is 0 Å². The molecule has 0 bridgehead atoms. The summed E-state index contributed by atoms with van der Waals surface area (Å²) in [5.41, 5.74) is 6.91. The van der Waals surface area contributed by atoms with E-state index in [1.165, 1.54) is 7.11 Å². The lowest BCUT2D eigenvalue weighted by Crippen LogP contribution is -2.11. The van der Waals surface area contributed by atoms with Crippen molar-refractivity contribution < 1.29 is 19.2 Å². The number of rotatable bonds is 6. The van der Waals surface area contributed by atoms with Gasteiger partial charge in [0.05, 0.1) is 13.7 Å². The fourth-order valence-corrected chi connectivity index (χ4v) is 1.43. The third-order valence-electron chi connectivity index (χ3n) is 2.25. The molecule has 2 aromatic rings. The van der Waals surface area contributed by atoms with Crippen LogP contribution in [0.3, 0.4) is 0 Å². The molecule has 0 spiro atoms. The van der Waals surface area contributed by atoms with Crippen LogP contribution in [0.25, 0.3) is 11.2 Å². The van der Waals surface area contributed by atoms with E-state index in [1.54, 1.807) is 0 Å². The van der Waals surface area contributed by atoms with Crippen molar-refractivity contribution in [3.8, 4) is 12.0 Å². The van der Waals surface area contributed by atoms with Gasteiger partial charge in [0.1, 0.15) is 6.61 Å². The number of hydrogen-bond acceptors (Lipinski definition) is 6. The third-order valence-corrected chi connectivity index (χ3v) is 2.25. The molecule has 2 aromatic heterocycles. The number of aromatic amines is 2. The van der Waals surface area contributed by atoms with Crippen LogP contribution in [-0.2, 0) is 4.74 Å². The van der Waals surface area contributed by atoms with Crippen LogP contribution in [0, 0.1) is 0 Å². The number of nitrogen functional groups attached to an aromatic ring is 1. The molecular weight excluding hydrogens is 238 g/mol. The minimum absolute atomic E-state index is 0.206. The van der Waals surface area contributed by atoms with E-state index in [4.69, 9.17) is 19.9 Å². The van der Waals surface area contributed by atoms with Gasteiger partial charge in [-0.05, 0) is 11.9 Å². The van der Waals surface area contributed by atoms with Gasteiger partial charge in [-0.15, -0.1) is 0 Å². The van der Waals surface area contributed by atoms with Crippen molar-refractivity contribution in [3.63, 3.8) is 0 Å². The predicted molar refractivity (Wildman–Crippen MR) is 63.4 cm³/mol. The number of ether oxygens (including phenoxy) is 3. The Balaban J connectivity index is 2.14. The molecule has 0 aliphatic heterocycles. The summed E-state index contributed by atoms with van der Waals surface area (Å²) in [6.45, 7) is 3.42. The summed E-state index contributed by atoms with van der Waals surface area (Å²) in [7, 11) is 1.53. The minimum atomic E-state index is 0.206. The number of imidazole rings is 1. The average Bonchev–Trinajstić information content (AvgIpc) is 2.78. The van der Waals surface area contributed by atoms with E-state index < -0.39 is 0 Å². The third kappa shape index (κ3) is 2.59. The number of H-pyrrole nitrogens is 2. The van der Waals surface area contributed by atoms with E-state index in [1.807, 2.05) is 6.92 Å². The largest absolute Gasteiger partial charge is 0.449 e. The van der Waals surface area contributed by atoms with Crippen molar-refractivity contribution in [3.05, 3.63) is 0 Å². The number of anilines is 1. The second kappa shape index (κ2) is 5.50.